The Morgan fingerprint density at radius 1 is 0.962 bits per heavy atom. The zero-order valence-electron chi connectivity index (χ0n) is 16.4. The molecule has 26 heavy (non-hydrogen) atoms. The number of hydrogen-bond donors (Lipinski definition) is 0. The maximum absolute atomic E-state index is 14.0. The molecule has 4 heteroatoms. The number of carbonyl (C=O) groups is 1. The van der Waals surface area contributed by atoms with Gasteiger partial charge in [0.15, 0.2) is 5.82 Å². The summed E-state index contributed by atoms with van der Waals surface area (Å²) in [5, 5.41) is -0.0505. The highest BCUT2D eigenvalue weighted by Crippen LogP contribution is 2.21. The Morgan fingerprint density at radius 2 is 1.58 bits per heavy atom. The minimum absolute atomic E-state index is 0.0505. The van der Waals surface area contributed by atoms with Gasteiger partial charge in [-0.25, -0.2) is 9.18 Å². The molecule has 1 aromatic rings. The Kier molecular flexibility index (Phi) is 12.4. The molecule has 0 bridgehead atoms. The summed E-state index contributed by atoms with van der Waals surface area (Å²) >= 11 is 5.74. The van der Waals surface area contributed by atoms with Gasteiger partial charge in [-0.2, -0.15) is 0 Å². The van der Waals surface area contributed by atoms with Crippen LogP contribution in [0, 0.1) is 5.82 Å². The molecular weight excluding hydrogens is 351 g/mol. The minimum atomic E-state index is -0.697. The molecule has 1 unspecified atom stereocenters. The summed E-state index contributed by atoms with van der Waals surface area (Å²) in [5.41, 5.74) is -0.0781. The van der Waals surface area contributed by atoms with Crippen molar-refractivity contribution in [2.24, 2.45) is 0 Å². The van der Waals surface area contributed by atoms with Crippen LogP contribution in [0.4, 0.5) is 4.39 Å². The van der Waals surface area contributed by atoms with Gasteiger partial charge in [0.2, 0.25) is 0 Å². The van der Waals surface area contributed by atoms with Gasteiger partial charge in [0, 0.05) is 0 Å². The largest absolute Gasteiger partial charge is 0.459 e. The number of halogens is 2. The molecule has 0 aliphatic carbocycles. The number of hydrogen-bond acceptors (Lipinski definition) is 2. The highest BCUT2D eigenvalue weighted by atomic mass is 35.5. The fraction of sp³-hybridized carbons (Fsp3) is 0.682. The van der Waals surface area contributed by atoms with Crippen molar-refractivity contribution in [1.82, 2.24) is 0 Å². The van der Waals surface area contributed by atoms with Gasteiger partial charge in [-0.1, -0.05) is 89.3 Å². The van der Waals surface area contributed by atoms with E-state index in [4.69, 9.17) is 16.3 Å². The molecule has 0 radical (unpaired) electrons. The summed E-state index contributed by atoms with van der Waals surface area (Å²) in [5.74, 6) is -1.31. The number of benzene rings is 1. The maximum Gasteiger partial charge on any atom is 0.341 e. The molecule has 0 spiro atoms. The van der Waals surface area contributed by atoms with E-state index in [0.717, 1.165) is 32.1 Å². The van der Waals surface area contributed by atoms with Crippen molar-refractivity contribution in [3.05, 3.63) is 34.6 Å². The molecule has 0 aliphatic heterocycles. The summed E-state index contributed by atoms with van der Waals surface area (Å²) in [7, 11) is 0. The van der Waals surface area contributed by atoms with E-state index in [1.807, 2.05) is 0 Å². The van der Waals surface area contributed by atoms with Crippen LogP contribution in [0.25, 0.3) is 0 Å². The fourth-order valence-corrected chi connectivity index (χ4v) is 3.32. The lowest BCUT2D eigenvalue weighted by molar-refractivity contribution is 0.0248. The van der Waals surface area contributed by atoms with E-state index < -0.39 is 11.8 Å². The maximum atomic E-state index is 14.0. The van der Waals surface area contributed by atoms with E-state index in [9.17, 15) is 9.18 Å². The van der Waals surface area contributed by atoms with Gasteiger partial charge < -0.3 is 4.74 Å². The van der Waals surface area contributed by atoms with Crippen LogP contribution in [0.1, 0.15) is 101 Å². The van der Waals surface area contributed by atoms with Crippen LogP contribution in [0.2, 0.25) is 5.02 Å². The van der Waals surface area contributed by atoms with E-state index in [0.29, 0.717) is 0 Å². The highest BCUT2D eigenvalue weighted by molar-refractivity contribution is 6.31. The first-order valence-electron chi connectivity index (χ1n) is 10.2. The van der Waals surface area contributed by atoms with Crippen molar-refractivity contribution in [2.45, 2.75) is 97.0 Å². The molecule has 0 saturated carbocycles. The van der Waals surface area contributed by atoms with Crippen molar-refractivity contribution in [1.29, 1.82) is 0 Å². The van der Waals surface area contributed by atoms with E-state index in [-0.39, 0.29) is 16.7 Å². The smallest absolute Gasteiger partial charge is 0.341 e. The SMILES string of the molecule is CCCCCCCCCCCC(CCC)OC(=O)c1cccc(Cl)c1F. The van der Waals surface area contributed by atoms with Gasteiger partial charge in [0.05, 0.1) is 10.6 Å². The average molecular weight is 385 g/mol. The van der Waals surface area contributed by atoms with Crippen LogP contribution in [0.5, 0.6) is 0 Å². The quantitative estimate of drug-likeness (QED) is 0.242. The number of rotatable bonds is 14. The number of ether oxygens (including phenoxy) is 1. The predicted molar refractivity (Wildman–Crippen MR) is 107 cm³/mol. The van der Waals surface area contributed by atoms with Crippen molar-refractivity contribution in [2.75, 3.05) is 0 Å². The van der Waals surface area contributed by atoms with E-state index in [1.165, 1.54) is 57.1 Å². The molecule has 0 aromatic heterocycles. The van der Waals surface area contributed by atoms with Gasteiger partial charge in [0.1, 0.15) is 6.10 Å². The van der Waals surface area contributed by atoms with Gasteiger partial charge in [-0.15, -0.1) is 0 Å². The third kappa shape index (κ3) is 9.02. The van der Waals surface area contributed by atoms with Crippen molar-refractivity contribution in [3.8, 4) is 0 Å². The van der Waals surface area contributed by atoms with Gasteiger partial charge in [-0.3, -0.25) is 0 Å². The molecule has 0 saturated heterocycles. The Balaban J connectivity index is 2.30. The van der Waals surface area contributed by atoms with Crippen LogP contribution >= 0.6 is 11.6 Å². The van der Waals surface area contributed by atoms with Crippen LogP contribution in [0.3, 0.4) is 0 Å². The lowest BCUT2D eigenvalue weighted by atomic mass is 10.0. The second-order valence-electron chi connectivity index (χ2n) is 7.03. The lowest BCUT2D eigenvalue weighted by Gasteiger charge is -2.17. The number of esters is 1. The molecule has 0 N–H and O–H groups in total. The first-order valence-corrected chi connectivity index (χ1v) is 10.6. The Labute approximate surface area is 163 Å². The second-order valence-corrected chi connectivity index (χ2v) is 7.44. The van der Waals surface area contributed by atoms with E-state index in [1.54, 1.807) is 6.07 Å². The average Bonchev–Trinajstić information content (AvgIpc) is 2.62. The van der Waals surface area contributed by atoms with Gasteiger partial charge in [0.25, 0.3) is 0 Å². The summed E-state index contributed by atoms with van der Waals surface area (Å²) in [6.07, 6.45) is 13.8. The number of unbranched alkanes of at least 4 members (excludes halogenated alkanes) is 8. The monoisotopic (exact) mass is 384 g/mol. The topological polar surface area (TPSA) is 26.3 Å². The molecule has 0 amide bonds. The fourth-order valence-electron chi connectivity index (χ4n) is 3.14. The molecule has 1 aromatic carbocycles. The molecular formula is C22H34ClFO2. The van der Waals surface area contributed by atoms with Crippen LogP contribution in [-0.4, -0.2) is 12.1 Å². The first-order chi connectivity index (χ1) is 12.6. The summed E-state index contributed by atoms with van der Waals surface area (Å²) < 4.78 is 19.5. The van der Waals surface area contributed by atoms with Crippen molar-refractivity contribution >= 4 is 17.6 Å². The van der Waals surface area contributed by atoms with Crippen molar-refractivity contribution in [3.63, 3.8) is 0 Å². The zero-order valence-corrected chi connectivity index (χ0v) is 17.1. The van der Waals surface area contributed by atoms with Crippen molar-refractivity contribution < 1.29 is 13.9 Å². The predicted octanol–water partition coefficient (Wildman–Crippen LogP) is 7.73. The summed E-state index contributed by atoms with van der Waals surface area (Å²) in [6, 6.07) is 4.42. The van der Waals surface area contributed by atoms with E-state index in [2.05, 4.69) is 13.8 Å². The molecule has 0 fully saturated rings. The minimum Gasteiger partial charge on any atom is -0.459 e. The first kappa shape index (κ1) is 23.0. The van der Waals surface area contributed by atoms with Crippen LogP contribution in [0.15, 0.2) is 18.2 Å². The summed E-state index contributed by atoms with van der Waals surface area (Å²) in [4.78, 5) is 12.2. The van der Waals surface area contributed by atoms with E-state index >= 15 is 0 Å². The molecule has 0 aliphatic rings. The molecule has 0 heterocycles. The number of carbonyl (C=O) groups excluding carboxylic acids is 1. The lowest BCUT2D eigenvalue weighted by Crippen LogP contribution is -2.19. The standard InChI is InChI=1S/C22H34ClFO2/c1-3-5-6-7-8-9-10-11-12-15-18(14-4-2)26-22(25)19-16-13-17-20(23)21(19)24/h13,16-18H,3-12,14-15H2,1-2H3. The van der Waals surface area contributed by atoms with Crippen LogP contribution < -0.4 is 0 Å². The Bertz CT molecular complexity index is 519. The van der Waals surface area contributed by atoms with Gasteiger partial charge >= 0.3 is 5.97 Å². The Hall–Kier alpha value is -1.09. The zero-order chi connectivity index (χ0) is 19.2. The third-order valence-electron chi connectivity index (χ3n) is 4.69. The molecule has 1 rings (SSSR count). The third-order valence-corrected chi connectivity index (χ3v) is 4.98. The normalized spacial score (nSPS) is 12.2. The molecule has 1 atom stereocenters. The molecule has 2 nitrogen and oxygen atoms in total. The summed E-state index contributed by atoms with van der Waals surface area (Å²) in [6.45, 7) is 4.30. The van der Waals surface area contributed by atoms with Crippen LogP contribution in [-0.2, 0) is 4.74 Å². The second kappa shape index (κ2) is 14.0. The van der Waals surface area contributed by atoms with Gasteiger partial charge in [-0.05, 0) is 31.4 Å². The highest BCUT2D eigenvalue weighted by Gasteiger charge is 2.19. The molecule has 148 valence electrons. The Morgan fingerprint density at radius 3 is 2.19 bits per heavy atom.